The fourth-order valence-corrected chi connectivity index (χ4v) is 8.90. The predicted molar refractivity (Wildman–Crippen MR) is 235 cm³/mol. The van der Waals surface area contributed by atoms with E-state index in [4.69, 9.17) is 5.73 Å². The molecular weight excluding hydrogens is 845 g/mol. The molecule has 0 saturated carbocycles. The first-order valence-corrected chi connectivity index (χ1v) is 22.4. The minimum Gasteiger partial charge on any atom is -0.480 e. The first-order chi connectivity index (χ1) is 30.8. The van der Waals surface area contributed by atoms with Gasteiger partial charge in [-0.3, -0.25) is 38.4 Å². The number of nitrogens with zero attached hydrogens (tertiary/aromatic N) is 3. The van der Waals surface area contributed by atoms with Crippen molar-refractivity contribution < 1.29 is 53.4 Å². The van der Waals surface area contributed by atoms with Crippen molar-refractivity contribution in [2.75, 3.05) is 26.2 Å². The van der Waals surface area contributed by atoms with Crippen LogP contribution in [0.1, 0.15) is 85.1 Å². The molecule has 1 aromatic heterocycles. The van der Waals surface area contributed by atoms with Crippen molar-refractivity contribution in [3.05, 3.63) is 36.0 Å². The van der Waals surface area contributed by atoms with Crippen LogP contribution >= 0.6 is 0 Å². The van der Waals surface area contributed by atoms with E-state index in [1.807, 2.05) is 38.1 Å². The van der Waals surface area contributed by atoms with Gasteiger partial charge in [-0.05, 0) is 83.3 Å². The monoisotopic (exact) mass is 908 g/mol. The topological polar surface area (TPSA) is 306 Å². The van der Waals surface area contributed by atoms with Crippen molar-refractivity contribution in [3.63, 3.8) is 0 Å². The molecule has 1 aromatic carbocycles. The molecule has 0 aliphatic carbocycles. The number of fused-ring (bicyclic) bond motifs is 1. The van der Waals surface area contributed by atoms with Crippen molar-refractivity contribution in [2.24, 2.45) is 11.7 Å². The molecule has 9 atom stereocenters. The van der Waals surface area contributed by atoms with Gasteiger partial charge in [0.15, 0.2) is 0 Å². The molecule has 4 heterocycles. The maximum Gasteiger partial charge on any atom is 0.326 e. The number of likely N-dealkylation sites (tertiary alicyclic amines) is 3. The molecule has 3 aliphatic heterocycles. The summed E-state index contributed by atoms with van der Waals surface area (Å²) in [6, 6.07) is -1.62. The second kappa shape index (κ2) is 22.2. The van der Waals surface area contributed by atoms with Gasteiger partial charge in [-0.2, -0.15) is 0 Å². The van der Waals surface area contributed by atoms with Gasteiger partial charge in [0.2, 0.25) is 47.3 Å². The Morgan fingerprint density at radius 2 is 1.28 bits per heavy atom. The summed E-state index contributed by atoms with van der Waals surface area (Å²) in [6.07, 6.45) is 2.70. The molecule has 3 aliphatic rings. The number of carbonyl (C=O) groups is 9. The zero-order valence-corrected chi connectivity index (χ0v) is 37.6. The van der Waals surface area contributed by atoms with Gasteiger partial charge < -0.3 is 62.2 Å². The summed E-state index contributed by atoms with van der Waals surface area (Å²) in [4.78, 5) is 127. The Bertz CT molecular complexity index is 2110. The first-order valence-electron chi connectivity index (χ1n) is 22.4. The van der Waals surface area contributed by atoms with Crippen molar-refractivity contribution in [3.8, 4) is 0 Å². The van der Waals surface area contributed by atoms with Gasteiger partial charge in [-0.1, -0.05) is 32.0 Å². The number of H-pyrrole nitrogens is 1. The van der Waals surface area contributed by atoms with E-state index in [-0.39, 0.29) is 51.4 Å². The van der Waals surface area contributed by atoms with E-state index in [2.05, 4.69) is 31.6 Å². The summed E-state index contributed by atoms with van der Waals surface area (Å²) in [6.45, 7) is 8.20. The number of aromatic amines is 1. The number of hydrogen-bond donors (Lipinski definition) is 9. The third kappa shape index (κ3) is 12.2. The molecule has 3 saturated heterocycles. The highest BCUT2D eigenvalue weighted by atomic mass is 16.4. The lowest BCUT2D eigenvalue weighted by Gasteiger charge is -2.34. The largest absolute Gasteiger partial charge is 0.480 e. The van der Waals surface area contributed by atoms with E-state index in [9.17, 15) is 53.4 Å². The maximum absolute atomic E-state index is 14.3. The summed E-state index contributed by atoms with van der Waals surface area (Å²) in [5, 5.41) is 34.3. The molecule has 0 bridgehead atoms. The third-order valence-electron chi connectivity index (χ3n) is 12.3. The van der Waals surface area contributed by atoms with E-state index in [1.165, 1.54) is 35.5 Å². The number of aliphatic hydroxyl groups is 1. The van der Waals surface area contributed by atoms with Crippen LogP contribution < -0.4 is 32.3 Å². The predicted octanol–water partition coefficient (Wildman–Crippen LogP) is -1.38. The first kappa shape index (κ1) is 49.9. The lowest BCUT2D eigenvalue weighted by atomic mass is 10.0. The Morgan fingerprint density at radius 3 is 1.89 bits per heavy atom. The zero-order chi connectivity index (χ0) is 47.7. The number of carboxylic acid groups (broad SMARTS) is 1. The van der Waals surface area contributed by atoms with Gasteiger partial charge in [0.05, 0.1) is 12.6 Å². The van der Waals surface area contributed by atoms with Crippen LogP contribution in [-0.2, 0) is 49.6 Å². The normalized spacial score (nSPS) is 21.2. The second-order valence-corrected chi connectivity index (χ2v) is 17.7. The molecule has 21 heteroatoms. The highest BCUT2D eigenvalue weighted by Crippen LogP contribution is 2.27. The maximum atomic E-state index is 14.3. The Balaban J connectivity index is 1.21. The van der Waals surface area contributed by atoms with Crippen LogP contribution in [0.15, 0.2) is 30.5 Å². The number of carbonyl (C=O) groups excluding carboxylic acids is 8. The minimum atomic E-state index is -1.52. The number of rotatable bonds is 19. The number of nitrogens with two attached hydrogens (primary N) is 1. The van der Waals surface area contributed by atoms with Crippen LogP contribution in [0.4, 0.5) is 0 Å². The highest BCUT2D eigenvalue weighted by molar-refractivity contribution is 5.98. The molecule has 10 N–H and O–H groups in total. The molecule has 5 rings (SSSR count). The zero-order valence-electron chi connectivity index (χ0n) is 37.6. The smallest absolute Gasteiger partial charge is 0.326 e. The van der Waals surface area contributed by atoms with E-state index >= 15 is 0 Å². The highest BCUT2D eigenvalue weighted by Gasteiger charge is 2.45. The lowest BCUT2D eigenvalue weighted by molar-refractivity contribution is -0.148. The summed E-state index contributed by atoms with van der Waals surface area (Å²) in [5.41, 5.74) is 6.87. The number of nitrogens with one attached hydrogen (secondary N) is 6. The quantitative estimate of drug-likeness (QED) is 0.0788. The van der Waals surface area contributed by atoms with Crippen LogP contribution in [0.25, 0.3) is 10.9 Å². The summed E-state index contributed by atoms with van der Waals surface area (Å²) >= 11 is 0. The van der Waals surface area contributed by atoms with Gasteiger partial charge in [0, 0.05) is 43.2 Å². The van der Waals surface area contributed by atoms with Crippen LogP contribution in [0.2, 0.25) is 0 Å². The van der Waals surface area contributed by atoms with Gasteiger partial charge >= 0.3 is 5.97 Å². The molecule has 2 aromatic rings. The number of aromatic nitrogens is 1. The minimum absolute atomic E-state index is 0.00507. The van der Waals surface area contributed by atoms with E-state index in [0.717, 1.165) is 10.9 Å². The Kier molecular flexibility index (Phi) is 17.1. The molecule has 0 spiro atoms. The molecule has 356 valence electrons. The Hall–Kier alpha value is -6.09. The van der Waals surface area contributed by atoms with Crippen molar-refractivity contribution in [1.82, 2.24) is 46.3 Å². The number of carboxylic acids is 1. The van der Waals surface area contributed by atoms with Crippen molar-refractivity contribution in [1.29, 1.82) is 0 Å². The summed E-state index contributed by atoms with van der Waals surface area (Å²) in [7, 11) is 0. The number of benzene rings is 1. The third-order valence-corrected chi connectivity index (χ3v) is 12.3. The van der Waals surface area contributed by atoms with Gasteiger partial charge in [0.25, 0.3) is 0 Å². The average Bonchev–Trinajstić information content (AvgIpc) is 4.11. The van der Waals surface area contributed by atoms with Crippen LogP contribution in [0, 0.1) is 5.92 Å². The molecular formula is C44H64N10O11. The number of hydrogen-bond acceptors (Lipinski definition) is 11. The number of para-hydroxylation sites is 1. The van der Waals surface area contributed by atoms with Crippen LogP contribution in [0.5, 0.6) is 0 Å². The summed E-state index contributed by atoms with van der Waals surface area (Å²) < 4.78 is 0. The van der Waals surface area contributed by atoms with E-state index in [1.54, 1.807) is 6.20 Å². The molecule has 0 unspecified atom stereocenters. The molecule has 8 amide bonds. The van der Waals surface area contributed by atoms with Gasteiger partial charge in [-0.25, -0.2) is 4.79 Å². The summed E-state index contributed by atoms with van der Waals surface area (Å²) in [5.74, 6) is -6.32. The molecule has 0 radical (unpaired) electrons. The van der Waals surface area contributed by atoms with Gasteiger partial charge in [-0.15, -0.1) is 0 Å². The SMILES string of the molecule is CC(C)C[C@H](NC(=O)[C@@H](NC(=O)[C@@H]1CCCN1C(=O)[C@H](C)NC(=O)CN)[C@@H](C)O)C(=O)N1CCC[C@H]1C(=O)N1CCC[C@H]1C(=O)N[C@@H](C)C(=O)N[C@@H](Cc1c[nH]c2ccccc12)C(=O)O. The van der Waals surface area contributed by atoms with Crippen LogP contribution in [0.3, 0.4) is 0 Å². The van der Waals surface area contributed by atoms with Crippen molar-refractivity contribution >= 4 is 64.1 Å². The van der Waals surface area contributed by atoms with Crippen molar-refractivity contribution in [2.45, 2.75) is 140 Å². The van der Waals surface area contributed by atoms with Gasteiger partial charge in [0.1, 0.15) is 48.3 Å². The molecule has 65 heavy (non-hydrogen) atoms. The van der Waals surface area contributed by atoms with E-state index < -0.39 is 108 Å². The fraction of sp³-hybridized carbons (Fsp3) is 0.614. The standard InChI is InChI=1S/C44H64N10O11/c1-23(2)19-30(49-40(60)36(26(5)55)51-39(59)33-14-8-16-52(33)41(61)25(4)47-35(56)21-45)42(62)54-18-10-15-34(54)43(63)53-17-9-13-32(53)38(58)48-24(3)37(57)50-31(44(64)65)20-27-22-46-29-12-7-6-11-28(27)29/h6-7,11-12,22-26,30-34,36,46,55H,8-10,13-21,45H2,1-5H3,(H,47,56)(H,48,58)(H,49,60)(H,50,57)(H,51,59)(H,64,65)/t24-,25-,26+,30-,31-,32-,33-,34-,36-/m0/s1. The molecule has 21 nitrogen and oxygen atoms in total. The molecule has 3 fully saturated rings. The number of amides is 8. The average molecular weight is 909 g/mol. The Labute approximate surface area is 377 Å². The second-order valence-electron chi connectivity index (χ2n) is 17.7. The Morgan fingerprint density at radius 1 is 0.708 bits per heavy atom. The van der Waals surface area contributed by atoms with Crippen LogP contribution in [-0.4, -0.2) is 164 Å². The number of aliphatic hydroxyl groups excluding tert-OH is 1. The number of aliphatic carboxylic acids is 1. The fourth-order valence-electron chi connectivity index (χ4n) is 8.90. The van der Waals surface area contributed by atoms with E-state index in [0.29, 0.717) is 37.7 Å². The lowest BCUT2D eigenvalue weighted by Crippen LogP contribution is -2.61.